The summed E-state index contributed by atoms with van der Waals surface area (Å²) >= 11 is 0. The predicted molar refractivity (Wildman–Crippen MR) is 71.4 cm³/mol. The van der Waals surface area contributed by atoms with Crippen molar-refractivity contribution < 1.29 is 14.3 Å². The molecule has 2 rings (SSSR count). The quantitative estimate of drug-likeness (QED) is 0.881. The van der Waals surface area contributed by atoms with Crippen molar-refractivity contribution in [3.8, 4) is 0 Å². The number of carbonyl (C=O) groups excluding carboxylic acids is 1. The van der Waals surface area contributed by atoms with Crippen LogP contribution in [0.4, 0.5) is 4.39 Å². The summed E-state index contributed by atoms with van der Waals surface area (Å²) in [5.74, 6) is -0.411. The van der Waals surface area contributed by atoms with Crippen LogP contribution in [0, 0.1) is 18.7 Å². The van der Waals surface area contributed by atoms with Gasteiger partial charge in [-0.3, -0.25) is 4.79 Å². The van der Waals surface area contributed by atoms with Gasteiger partial charge in [0.25, 0.3) is 5.91 Å². The summed E-state index contributed by atoms with van der Waals surface area (Å²) in [5.41, 5.74) is 0.587. The van der Waals surface area contributed by atoms with Crippen LogP contribution in [0.2, 0.25) is 0 Å². The zero-order valence-electron chi connectivity index (χ0n) is 11.2. The molecule has 1 aromatic carbocycles. The fourth-order valence-electron chi connectivity index (χ4n) is 2.50. The maximum absolute atomic E-state index is 13.8. The van der Waals surface area contributed by atoms with Crippen molar-refractivity contribution in [2.24, 2.45) is 5.92 Å². The van der Waals surface area contributed by atoms with Gasteiger partial charge < -0.3 is 10.4 Å². The molecule has 0 saturated heterocycles. The lowest BCUT2D eigenvalue weighted by atomic mass is 9.87. The highest BCUT2D eigenvalue weighted by Gasteiger charge is 2.20. The van der Waals surface area contributed by atoms with Crippen molar-refractivity contribution in [2.75, 3.05) is 6.54 Å². The number of aliphatic hydroxyl groups excluding tert-OH is 1. The van der Waals surface area contributed by atoms with E-state index < -0.39 is 5.82 Å². The van der Waals surface area contributed by atoms with Crippen molar-refractivity contribution in [3.05, 3.63) is 35.1 Å². The van der Waals surface area contributed by atoms with Gasteiger partial charge in [0.15, 0.2) is 0 Å². The molecule has 0 heterocycles. The number of halogens is 1. The molecule has 1 fully saturated rings. The third-order valence-electron chi connectivity index (χ3n) is 3.80. The summed E-state index contributed by atoms with van der Waals surface area (Å²) in [6.45, 7) is 2.20. The van der Waals surface area contributed by atoms with Gasteiger partial charge in [-0.2, -0.15) is 0 Å². The summed E-state index contributed by atoms with van der Waals surface area (Å²) in [6.07, 6.45) is 3.22. The molecule has 0 unspecified atom stereocenters. The average molecular weight is 265 g/mol. The van der Waals surface area contributed by atoms with Crippen LogP contribution in [0.3, 0.4) is 0 Å². The van der Waals surface area contributed by atoms with Crippen LogP contribution in [0.1, 0.15) is 41.6 Å². The first-order valence-corrected chi connectivity index (χ1v) is 6.79. The Hall–Kier alpha value is -1.42. The Morgan fingerprint density at radius 3 is 2.74 bits per heavy atom. The van der Waals surface area contributed by atoms with E-state index in [1.807, 2.05) is 0 Å². The summed E-state index contributed by atoms with van der Waals surface area (Å²) < 4.78 is 13.8. The van der Waals surface area contributed by atoms with Gasteiger partial charge in [0.05, 0.1) is 11.7 Å². The van der Waals surface area contributed by atoms with Gasteiger partial charge in [-0.25, -0.2) is 4.39 Å². The number of nitrogens with one attached hydrogen (secondary N) is 1. The maximum atomic E-state index is 13.8. The SMILES string of the molecule is Cc1cccc(C(=O)NCC2CCC(O)CC2)c1F. The van der Waals surface area contributed by atoms with Crippen LogP contribution < -0.4 is 5.32 Å². The van der Waals surface area contributed by atoms with Gasteiger partial charge in [-0.15, -0.1) is 0 Å². The lowest BCUT2D eigenvalue weighted by Crippen LogP contribution is -2.32. The second kappa shape index (κ2) is 6.15. The number of hydrogen-bond donors (Lipinski definition) is 2. The minimum Gasteiger partial charge on any atom is -0.393 e. The molecule has 3 nitrogen and oxygen atoms in total. The minimum absolute atomic E-state index is 0.107. The lowest BCUT2D eigenvalue weighted by Gasteiger charge is -2.25. The molecule has 1 aromatic rings. The van der Waals surface area contributed by atoms with E-state index in [1.54, 1.807) is 19.1 Å². The maximum Gasteiger partial charge on any atom is 0.254 e. The number of carbonyl (C=O) groups is 1. The van der Waals surface area contributed by atoms with Crippen molar-refractivity contribution in [2.45, 2.75) is 38.7 Å². The van der Waals surface area contributed by atoms with Crippen LogP contribution in [0.25, 0.3) is 0 Å². The highest BCUT2D eigenvalue weighted by atomic mass is 19.1. The minimum atomic E-state index is -0.445. The highest BCUT2D eigenvalue weighted by molar-refractivity contribution is 5.94. The normalized spacial score (nSPS) is 23.1. The van der Waals surface area contributed by atoms with E-state index in [9.17, 15) is 14.3 Å². The Labute approximate surface area is 112 Å². The Morgan fingerprint density at radius 2 is 2.05 bits per heavy atom. The number of benzene rings is 1. The van der Waals surface area contributed by atoms with E-state index in [-0.39, 0.29) is 17.6 Å². The molecular formula is C15H20FNO2. The number of hydrogen-bond acceptors (Lipinski definition) is 2. The third-order valence-corrected chi connectivity index (χ3v) is 3.80. The fraction of sp³-hybridized carbons (Fsp3) is 0.533. The van der Waals surface area contributed by atoms with Crippen molar-refractivity contribution >= 4 is 5.91 Å². The van der Waals surface area contributed by atoms with Crippen molar-refractivity contribution in [1.29, 1.82) is 0 Å². The number of aliphatic hydroxyl groups is 1. The molecule has 2 N–H and O–H groups in total. The van der Waals surface area contributed by atoms with Crippen LogP contribution in [-0.2, 0) is 0 Å². The standard InChI is InChI=1S/C15H20FNO2/c1-10-3-2-4-13(14(10)16)15(19)17-9-11-5-7-12(18)8-6-11/h2-4,11-12,18H,5-9H2,1H3,(H,17,19). The number of rotatable bonds is 3. The molecule has 4 heteroatoms. The second-order valence-electron chi connectivity index (χ2n) is 5.32. The van der Waals surface area contributed by atoms with E-state index >= 15 is 0 Å². The lowest BCUT2D eigenvalue weighted by molar-refractivity contribution is 0.0906. The number of aryl methyl sites for hydroxylation is 1. The van der Waals surface area contributed by atoms with Gasteiger partial charge in [0.1, 0.15) is 5.82 Å². The van der Waals surface area contributed by atoms with E-state index in [0.717, 1.165) is 25.7 Å². The van der Waals surface area contributed by atoms with Crippen molar-refractivity contribution in [3.63, 3.8) is 0 Å². The summed E-state index contributed by atoms with van der Waals surface area (Å²) in [4.78, 5) is 11.9. The highest BCUT2D eigenvalue weighted by Crippen LogP contribution is 2.23. The first kappa shape index (κ1) is 14.0. The molecule has 0 radical (unpaired) electrons. The van der Waals surface area contributed by atoms with E-state index in [1.165, 1.54) is 6.07 Å². The Bertz CT molecular complexity index is 453. The second-order valence-corrected chi connectivity index (χ2v) is 5.32. The molecule has 1 saturated carbocycles. The molecule has 104 valence electrons. The summed E-state index contributed by atoms with van der Waals surface area (Å²) in [6, 6.07) is 4.83. The molecule has 1 aliphatic rings. The van der Waals surface area contributed by atoms with Crippen LogP contribution in [0.15, 0.2) is 18.2 Å². The van der Waals surface area contributed by atoms with Crippen LogP contribution >= 0.6 is 0 Å². The van der Waals surface area contributed by atoms with E-state index in [2.05, 4.69) is 5.32 Å². The Balaban J connectivity index is 1.89. The molecule has 1 aliphatic carbocycles. The van der Waals surface area contributed by atoms with Crippen LogP contribution in [0.5, 0.6) is 0 Å². The largest absolute Gasteiger partial charge is 0.393 e. The molecule has 1 amide bonds. The Kier molecular flexibility index (Phi) is 4.53. The number of amides is 1. The van der Waals surface area contributed by atoms with Crippen molar-refractivity contribution in [1.82, 2.24) is 5.32 Å². The summed E-state index contributed by atoms with van der Waals surface area (Å²) in [5, 5.41) is 12.2. The van der Waals surface area contributed by atoms with Gasteiger partial charge in [-0.05, 0) is 50.2 Å². The molecule has 0 aromatic heterocycles. The zero-order valence-corrected chi connectivity index (χ0v) is 11.2. The molecule has 0 spiro atoms. The molecule has 0 aliphatic heterocycles. The molecule has 19 heavy (non-hydrogen) atoms. The first-order valence-electron chi connectivity index (χ1n) is 6.79. The van der Waals surface area contributed by atoms with Gasteiger partial charge in [0.2, 0.25) is 0 Å². The smallest absolute Gasteiger partial charge is 0.254 e. The van der Waals surface area contributed by atoms with E-state index in [4.69, 9.17) is 0 Å². The van der Waals surface area contributed by atoms with Gasteiger partial charge in [0, 0.05) is 6.54 Å². The Morgan fingerprint density at radius 1 is 1.37 bits per heavy atom. The first-order chi connectivity index (χ1) is 9.08. The van der Waals surface area contributed by atoms with Gasteiger partial charge in [-0.1, -0.05) is 12.1 Å². The molecule has 0 bridgehead atoms. The fourth-order valence-corrected chi connectivity index (χ4v) is 2.50. The van der Waals surface area contributed by atoms with Crippen LogP contribution in [-0.4, -0.2) is 23.7 Å². The monoisotopic (exact) mass is 265 g/mol. The van der Waals surface area contributed by atoms with E-state index in [0.29, 0.717) is 18.0 Å². The molecule has 0 atom stereocenters. The third kappa shape index (κ3) is 3.53. The topological polar surface area (TPSA) is 49.3 Å². The predicted octanol–water partition coefficient (Wildman–Crippen LogP) is 2.42. The zero-order chi connectivity index (χ0) is 13.8. The molecular weight excluding hydrogens is 245 g/mol. The van der Waals surface area contributed by atoms with Gasteiger partial charge >= 0.3 is 0 Å². The average Bonchev–Trinajstić information content (AvgIpc) is 2.41. The summed E-state index contributed by atoms with van der Waals surface area (Å²) in [7, 11) is 0.